The van der Waals surface area contributed by atoms with Gasteiger partial charge in [-0.05, 0) is 30.6 Å². The van der Waals surface area contributed by atoms with E-state index in [-0.39, 0.29) is 0 Å². The Bertz CT molecular complexity index is 216. The van der Waals surface area contributed by atoms with Crippen LogP contribution in [0.1, 0.15) is 117 Å². The van der Waals surface area contributed by atoms with E-state index < -0.39 is 0 Å². The van der Waals surface area contributed by atoms with Gasteiger partial charge in [0.05, 0.1) is 0 Å². The summed E-state index contributed by atoms with van der Waals surface area (Å²) in [5.74, 6) is 0.988. The standard InChI is InChI=1S/C20H40/c1-4-5-6-10-13-16-19-17-14-11-8-7-9-12-15-18-20(19,2)3/h19H,4-18H2,1-3H3. The molecule has 1 aliphatic rings. The average Bonchev–Trinajstić information content (AvgIpc) is 2.45. The van der Waals surface area contributed by atoms with Crippen molar-refractivity contribution in [1.82, 2.24) is 0 Å². The maximum atomic E-state index is 2.56. The zero-order valence-corrected chi connectivity index (χ0v) is 14.7. The molecular formula is C20H40. The van der Waals surface area contributed by atoms with Gasteiger partial charge in [0.2, 0.25) is 0 Å². The highest BCUT2D eigenvalue weighted by Gasteiger charge is 2.28. The fourth-order valence-corrected chi connectivity index (χ4v) is 3.98. The predicted octanol–water partition coefficient (Wildman–Crippen LogP) is 7.51. The Morgan fingerprint density at radius 2 is 1.35 bits per heavy atom. The third-order valence-electron chi connectivity index (χ3n) is 5.64. The summed E-state index contributed by atoms with van der Waals surface area (Å²) < 4.78 is 0. The van der Waals surface area contributed by atoms with E-state index >= 15 is 0 Å². The average molecular weight is 281 g/mol. The maximum absolute atomic E-state index is 2.56. The lowest BCUT2D eigenvalue weighted by atomic mass is 9.71. The summed E-state index contributed by atoms with van der Waals surface area (Å²) in [5, 5.41) is 0. The molecule has 0 heterocycles. The molecule has 0 radical (unpaired) electrons. The molecular weight excluding hydrogens is 240 g/mol. The first-order valence-corrected chi connectivity index (χ1v) is 9.67. The second-order valence-electron chi connectivity index (χ2n) is 7.90. The molecule has 1 aliphatic carbocycles. The van der Waals surface area contributed by atoms with Gasteiger partial charge in [0.15, 0.2) is 0 Å². The van der Waals surface area contributed by atoms with Gasteiger partial charge in [0.25, 0.3) is 0 Å². The van der Waals surface area contributed by atoms with E-state index in [4.69, 9.17) is 0 Å². The van der Waals surface area contributed by atoms with Crippen LogP contribution in [-0.2, 0) is 0 Å². The van der Waals surface area contributed by atoms with Gasteiger partial charge >= 0.3 is 0 Å². The minimum absolute atomic E-state index is 0.592. The lowest BCUT2D eigenvalue weighted by Crippen LogP contribution is -2.24. The van der Waals surface area contributed by atoms with E-state index in [0.29, 0.717) is 5.41 Å². The van der Waals surface area contributed by atoms with Gasteiger partial charge in [-0.15, -0.1) is 0 Å². The molecule has 0 N–H and O–H groups in total. The van der Waals surface area contributed by atoms with Crippen LogP contribution in [0.4, 0.5) is 0 Å². The van der Waals surface area contributed by atoms with Crippen molar-refractivity contribution in [2.75, 3.05) is 0 Å². The van der Waals surface area contributed by atoms with Crippen molar-refractivity contribution in [3.8, 4) is 0 Å². The molecule has 120 valence electrons. The molecule has 0 bridgehead atoms. The van der Waals surface area contributed by atoms with Crippen LogP contribution >= 0.6 is 0 Å². The second kappa shape index (κ2) is 10.7. The van der Waals surface area contributed by atoms with Crippen LogP contribution < -0.4 is 0 Å². The molecule has 1 fully saturated rings. The van der Waals surface area contributed by atoms with E-state index in [1.807, 2.05) is 0 Å². The fraction of sp³-hybridized carbons (Fsp3) is 1.00. The molecule has 0 amide bonds. The topological polar surface area (TPSA) is 0 Å². The quantitative estimate of drug-likeness (QED) is 0.441. The molecule has 0 nitrogen and oxygen atoms in total. The van der Waals surface area contributed by atoms with Gasteiger partial charge in [-0.2, -0.15) is 0 Å². The number of hydrogen-bond acceptors (Lipinski definition) is 0. The largest absolute Gasteiger partial charge is 0.0654 e. The first-order valence-electron chi connectivity index (χ1n) is 9.67. The van der Waals surface area contributed by atoms with Gasteiger partial charge in [0.1, 0.15) is 0 Å². The summed E-state index contributed by atoms with van der Waals surface area (Å²) in [4.78, 5) is 0. The number of unbranched alkanes of at least 4 members (excludes halogenated alkanes) is 4. The lowest BCUT2D eigenvalue weighted by molar-refractivity contribution is 0.160. The van der Waals surface area contributed by atoms with Crippen LogP contribution in [0.25, 0.3) is 0 Å². The van der Waals surface area contributed by atoms with Crippen molar-refractivity contribution < 1.29 is 0 Å². The summed E-state index contributed by atoms with van der Waals surface area (Å²) in [6, 6.07) is 0. The highest BCUT2D eigenvalue weighted by atomic mass is 14.3. The van der Waals surface area contributed by atoms with Crippen molar-refractivity contribution in [2.45, 2.75) is 117 Å². The molecule has 0 spiro atoms. The van der Waals surface area contributed by atoms with E-state index in [1.165, 1.54) is 96.3 Å². The highest BCUT2D eigenvalue weighted by molar-refractivity contribution is 4.79. The Hall–Kier alpha value is 0. The molecule has 0 saturated heterocycles. The third kappa shape index (κ3) is 7.70. The van der Waals surface area contributed by atoms with Crippen molar-refractivity contribution in [2.24, 2.45) is 11.3 Å². The van der Waals surface area contributed by atoms with E-state index in [1.54, 1.807) is 0 Å². The first-order chi connectivity index (χ1) is 9.67. The van der Waals surface area contributed by atoms with Crippen LogP contribution in [-0.4, -0.2) is 0 Å². The minimum Gasteiger partial charge on any atom is -0.0654 e. The molecule has 0 aliphatic heterocycles. The predicted molar refractivity (Wildman–Crippen MR) is 92.2 cm³/mol. The first kappa shape index (κ1) is 18.1. The van der Waals surface area contributed by atoms with Crippen molar-refractivity contribution in [3.05, 3.63) is 0 Å². The van der Waals surface area contributed by atoms with Gasteiger partial charge in [-0.1, -0.05) is 97.8 Å². The zero-order valence-electron chi connectivity index (χ0n) is 14.7. The molecule has 1 atom stereocenters. The van der Waals surface area contributed by atoms with E-state index in [0.717, 1.165) is 5.92 Å². The van der Waals surface area contributed by atoms with Crippen LogP contribution in [0, 0.1) is 11.3 Å². The van der Waals surface area contributed by atoms with Gasteiger partial charge in [-0.25, -0.2) is 0 Å². The molecule has 20 heavy (non-hydrogen) atoms. The van der Waals surface area contributed by atoms with Crippen LogP contribution in [0.3, 0.4) is 0 Å². The summed E-state index contributed by atoms with van der Waals surface area (Å²) in [5.41, 5.74) is 0.592. The molecule has 0 aromatic carbocycles. The van der Waals surface area contributed by atoms with Gasteiger partial charge < -0.3 is 0 Å². The van der Waals surface area contributed by atoms with Gasteiger partial charge in [0, 0.05) is 0 Å². The van der Waals surface area contributed by atoms with E-state index in [2.05, 4.69) is 20.8 Å². The summed E-state index contributed by atoms with van der Waals surface area (Å²) >= 11 is 0. The summed E-state index contributed by atoms with van der Waals surface area (Å²) in [7, 11) is 0. The van der Waals surface area contributed by atoms with Gasteiger partial charge in [-0.3, -0.25) is 0 Å². The molecule has 1 unspecified atom stereocenters. The Kier molecular flexibility index (Phi) is 9.65. The maximum Gasteiger partial charge on any atom is -0.0326 e. The van der Waals surface area contributed by atoms with Crippen LogP contribution in [0.15, 0.2) is 0 Å². The summed E-state index contributed by atoms with van der Waals surface area (Å²) in [6.07, 6.45) is 22.1. The highest BCUT2D eigenvalue weighted by Crippen LogP contribution is 2.40. The lowest BCUT2D eigenvalue weighted by Gasteiger charge is -2.35. The van der Waals surface area contributed by atoms with Crippen LogP contribution in [0.2, 0.25) is 0 Å². The normalized spacial score (nSPS) is 25.1. The molecule has 0 heteroatoms. The number of hydrogen-bond donors (Lipinski definition) is 0. The van der Waals surface area contributed by atoms with Crippen molar-refractivity contribution >= 4 is 0 Å². The monoisotopic (exact) mass is 280 g/mol. The Labute approximate surface area is 129 Å². The Morgan fingerprint density at radius 1 is 0.750 bits per heavy atom. The molecule has 0 aromatic rings. The number of rotatable bonds is 6. The van der Waals surface area contributed by atoms with Crippen LogP contribution in [0.5, 0.6) is 0 Å². The Balaban J connectivity index is 2.38. The fourth-order valence-electron chi connectivity index (χ4n) is 3.98. The SMILES string of the molecule is CCCCCCCC1CCCCCCCCCC1(C)C. The van der Waals surface area contributed by atoms with Crippen molar-refractivity contribution in [3.63, 3.8) is 0 Å². The second-order valence-corrected chi connectivity index (χ2v) is 7.90. The Morgan fingerprint density at radius 3 is 2.05 bits per heavy atom. The molecule has 1 saturated carbocycles. The summed E-state index contributed by atoms with van der Waals surface area (Å²) in [6.45, 7) is 7.43. The zero-order chi connectivity index (χ0) is 14.7. The van der Waals surface area contributed by atoms with E-state index in [9.17, 15) is 0 Å². The molecule has 0 aromatic heterocycles. The van der Waals surface area contributed by atoms with Crippen molar-refractivity contribution in [1.29, 1.82) is 0 Å². The minimum atomic E-state index is 0.592. The third-order valence-corrected chi connectivity index (χ3v) is 5.64. The smallest absolute Gasteiger partial charge is 0.0326 e. The molecule has 1 rings (SSSR count).